The van der Waals surface area contributed by atoms with Crippen molar-refractivity contribution in [2.45, 2.75) is 13.0 Å². The van der Waals surface area contributed by atoms with E-state index in [-0.39, 0.29) is 25.2 Å². The van der Waals surface area contributed by atoms with Crippen LogP contribution in [0.1, 0.15) is 6.92 Å². The van der Waals surface area contributed by atoms with Crippen LogP contribution in [0.5, 0.6) is 6.01 Å². The van der Waals surface area contributed by atoms with E-state index >= 15 is 0 Å². The molecular weight excluding hydrogens is 226 g/mol. The molecular formula is C9H17N5O3. The number of hydrogen-bond donors (Lipinski definition) is 4. The molecule has 0 aliphatic heterocycles. The molecule has 0 saturated carbocycles. The van der Waals surface area contributed by atoms with Crippen LogP contribution in [-0.2, 0) is 0 Å². The second-order valence-electron chi connectivity index (χ2n) is 3.21. The topological polar surface area (TPSA) is 112 Å². The van der Waals surface area contributed by atoms with Crippen LogP contribution in [0.2, 0.25) is 0 Å². The molecule has 0 aromatic carbocycles. The van der Waals surface area contributed by atoms with Crippen molar-refractivity contribution in [3.63, 3.8) is 0 Å². The van der Waals surface area contributed by atoms with Gasteiger partial charge in [-0.15, -0.1) is 0 Å². The van der Waals surface area contributed by atoms with Gasteiger partial charge in [0.05, 0.1) is 26.4 Å². The van der Waals surface area contributed by atoms with E-state index in [0.29, 0.717) is 12.5 Å². The fraction of sp³-hybridized carbons (Fsp3) is 0.667. The number of rotatable bonds is 7. The maximum atomic E-state index is 8.95. The second-order valence-corrected chi connectivity index (χ2v) is 3.21. The maximum Gasteiger partial charge on any atom is 0.322 e. The van der Waals surface area contributed by atoms with E-state index < -0.39 is 6.04 Å². The second kappa shape index (κ2) is 6.81. The Morgan fingerprint density at radius 1 is 1.18 bits per heavy atom. The van der Waals surface area contributed by atoms with Crippen molar-refractivity contribution in [3.8, 4) is 6.01 Å². The van der Waals surface area contributed by atoms with Crippen LogP contribution >= 0.6 is 0 Å². The Labute approximate surface area is 99.1 Å². The number of aliphatic hydroxyl groups excluding tert-OH is 2. The van der Waals surface area contributed by atoms with Crippen LogP contribution < -0.4 is 15.4 Å². The minimum atomic E-state index is -0.517. The van der Waals surface area contributed by atoms with Crippen LogP contribution in [0, 0.1) is 0 Å². The SMILES string of the molecule is CCNc1nc(NC(CO)CO)nc(OC)n1. The predicted octanol–water partition coefficient (Wildman–Crippen LogP) is -0.923. The molecule has 8 nitrogen and oxygen atoms in total. The first kappa shape index (κ1) is 13.4. The third-order valence-corrected chi connectivity index (χ3v) is 1.91. The van der Waals surface area contributed by atoms with Crippen LogP contribution in [-0.4, -0.2) is 58.1 Å². The third-order valence-electron chi connectivity index (χ3n) is 1.91. The van der Waals surface area contributed by atoms with Crippen LogP contribution in [0.3, 0.4) is 0 Å². The van der Waals surface area contributed by atoms with E-state index in [1.54, 1.807) is 0 Å². The van der Waals surface area contributed by atoms with E-state index in [1.165, 1.54) is 7.11 Å². The Bertz CT molecular complexity index is 345. The van der Waals surface area contributed by atoms with E-state index in [2.05, 4.69) is 25.6 Å². The summed E-state index contributed by atoms with van der Waals surface area (Å²) in [5.41, 5.74) is 0. The van der Waals surface area contributed by atoms with Crippen LogP contribution in [0.15, 0.2) is 0 Å². The van der Waals surface area contributed by atoms with Gasteiger partial charge < -0.3 is 25.6 Å². The van der Waals surface area contributed by atoms with Crippen LogP contribution in [0.25, 0.3) is 0 Å². The van der Waals surface area contributed by atoms with Crippen molar-refractivity contribution in [1.82, 2.24) is 15.0 Å². The van der Waals surface area contributed by atoms with Gasteiger partial charge in [0.2, 0.25) is 11.9 Å². The molecule has 0 fully saturated rings. The summed E-state index contributed by atoms with van der Waals surface area (Å²) in [4.78, 5) is 12.0. The largest absolute Gasteiger partial charge is 0.467 e. The summed E-state index contributed by atoms with van der Waals surface area (Å²) in [5, 5.41) is 23.6. The zero-order chi connectivity index (χ0) is 12.7. The van der Waals surface area contributed by atoms with Gasteiger partial charge in [-0.3, -0.25) is 0 Å². The quantitative estimate of drug-likeness (QED) is 0.486. The summed E-state index contributed by atoms with van der Waals surface area (Å²) >= 11 is 0. The maximum absolute atomic E-state index is 8.95. The number of aromatic nitrogens is 3. The number of anilines is 2. The Kier molecular flexibility index (Phi) is 5.37. The number of methoxy groups -OCH3 is 1. The van der Waals surface area contributed by atoms with Crippen molar-refractivity contribution in [2.24, 2.45) is 0 Å². The normalized spacial score (nSPS) is 10.4. The summed E-state index contributed by atoms with van der Waals surface area (Å²) in [6.45, 7) is 2.13. The lowest BCUT2D eigenvalue weighted by Gasteiger charge is -2.14. The average molecular weight is 243 g/mol. The number of nitrogens with one attached hydrogen (secondary N) is 2. The van der Waals surface area contributed by atoms with E-state index in [1.807, 2.05) is 6.92 Å². The van der Waals surface area contributed by atoms with E-state index in [4.69, 9.17) is 14.9 Å². The first-order chi connectivity index (χ1) is 8.23. The minimum absolute atomic E-state index is 0.160. The Morgan fingerprint density at radius 2 is 1.82 bits per heavy atom. The van der Waals surface area contributed by atoms with Gasteiger partial charge in [0.15, 0.2) is 0 Å². The Hall–Kier alpha value is -1.67. The summed E-state index contributed by atoms with van der Waals surface area (Å²) in [6.07, 6.45) is 0. The van der Waals surface area contributed by atoms with Gasteiger partial charge in [0.25, 0.3) is 0 Å². The molecule has 1 aromatic heterocycles. The summed E-state index contributed by atoms with van der Waals surface area (Å²) in [6, 6.07) is -0.357. The number of ether oxygens (including phenoxy) is 1. The van der Waals surface area contributed by atoms with Gasteiger partial charge in [-0.05, 0) is 6.92 Å². The molecule has 0 aliphatic rings. The fourth-order valence-electron chi connectivity index (χ4n) is 1.08. The van der Waals surface area contributed by atoms with Crippen molar-refractivity contribution < 1.29 is 14.9 Å². The summed E-state index contributed by atoms with van der Waals surface area (Å²) < 4.78 is 4.92. The smallest absolute Gasteiger partial charge is 0.322 e. The van der Waals surface area contributed by atoms with Crippen molar-refractivity contribution in [2.75, 3.05) is 37.5 Å². The fourth-order valence-corrected chi connectivity index (χ4v) is 1.08. The van der Waals surface area contributed by atoms with Crippen molar-refractivity contribution >= 4 is 11.9 Å². The lowest BCUT2D eigenvalue weighted by atomic mass is 10.3. The van der Waals surface area contributed by atoms with Gasteiger partial charge in [-0.2, -0.15) is 15.0 Å². The molecule has 0 saturated heterocycles. The molecule has 17 heavy (non-hydrogen) atoms. The molecule has 0 bridgehead atoms. The zero-order valence-electron chi connectivity index (χ0n) is 9.84. The third kappa shape index (κ3) is 4.00. The standard InChI is InChI=1S/C9H17N5O3/c1-3-10-7-12-8(11-6(4-15)5-16)14-9(13-7)17-2/h6,15-16H,3-5H2,1-2H3,(H2,10,11,12,13,14). The Balaban J connectivity index is 2.85. The van der Waals surface area contributed by atoms with Gasteiger partial charge in [0, 0.05) is 6.54 Å². The lowest BCUT2D eigenvalue weighted by Crippen LogP contribution is -2.29. The summed E-state index contributed by atoms with van der Waals surface area (Å²) in [5.74, 6) is 0.609. The molecule has 8 heteroatoms. The molecule has 0 unspecified atom stereocenters. The molecule has 0 amide bonds. The number of hydrogen-bond acceptors (Lipinski definition) is 8. The van der Waals surface area contributed by atoms with Crippen LogP contribution in [0.4, 0.5) is 11.9 Å². The monoisotopic (exact) mass is 243 g/mol. The number of aliphatic hydroxyl groups is 2. The first-order valence-corrected chi connectivity index (χ1v) is 5.25. The average Bonchev–Trinajstić information content (AvgIpc) is 2.36. The Morgan fingerprint density at radius 3 is 2.35 bits per heavy atom. The van der Waals surface area contributed by atoms with Gasteiger partial charge in [0.1, 0.15) is 0 Å². The molecule has 0 spiro atoms. The lowest BCUT2D eigenvalue weighted by molar-refractivity contribution is 0.203. The molecule has 0 radical (unpaired) electrons. The number of nitrogens with zero attached hydrogens (tertiary/aromatic N) is 3. The predicted molar refractivity (Wildman–Crippen MR) is 62.1 cm³/mol. The highest BCUT2D eigenvalue weighted by molar-refractivity contribution is 5.36. The van der Waals surface area contributed by atoms with Gasteiger partial charge in [-0.25, -0.2) is 0 Å². The highest BCUT2D eigenvalue weighted by Gasteiger charge is 2.10. The van der Waals surface area contributed by atoms with Gasteiger partial charge >= 0.3 is 6.01 Å². The molecule has 0 atom stereocenters. The molecule has 1 aromatic rings. The zero-order valence-corrected chi connectivity index (χ0v) is 9.84. The first-order valence-electron chi connectivity index (χ1n) is 5.25. The van der Waals surface area contributed by atoms with Crippen molar-refractivity contribution in [3.05, 3.63) is 0 Å². The molecule has 96 valence electrons. The summed E-state index contributed by atoms with van der Waals surface area (Å²) in [7, 11) is 1.45. The van der Waals surface area contributed by atoms with Crippen molar-refractivity contribution in [1.29, 1.82) is 0 Å². The van der Waals surface area contributed by atoms with E-state index in [0.717, 1.165) is 0 Å². The molecule has 1 rings (SSSR count). The van der Waals surface area contributed by atoms with Gasteiger partial charge in [-0.1, -0.05) is 0 Å². The highest BCUT2D eigenvalue weighted by Crippen LogP contribution is 2.11. The molecule has 4 N–H and O–H groups in total. The van der Waals surface area contributed by atoms with E-state index in [9.17, 15) is 0 Å². The molecule has 1 heterocycles. The highest BCUT2D eigenvalue weighted by atomic mass is 16.5. The minimum Gasteiger partial charge on any atom is -0.467 e. The molecule has 0 aliphatic carbocycles.